The van der Waals surface area contributed by atoms with Crippen LogP contribution in [-0.4, -0.2) is 25.8 Å². The molecule has 1 aliphatic carbocycles. The van der Waals surface area contributed by atoms with Crippen LogP contribution in [0.15, 0.2) is 35.0 Å². The number of carboxylic acid groups (broad SMARTS) is 1. The second-order valence-corrected chi connectivity index (χ2v) is 5.32. The van der Waals surface area contributed by atoms with Gasteiger partial charge in [0.1, 0.15) is 0 Å². The van der Waals surface area contributed by atoms with Crippen molar-refractivity contribution in [2.45, 2.75) is 25.3 Å². The standard InChI is InChI=1S/C15H13N3O3/c19-15(20)11-7-18(12-4-2-1-3-10(11)12)8-13-16-14(21-17-13)9-5-6-9/h1-4,7,9H,5-6,8H2,(H,19,20). The SMILES string of the molecule is O=C(O)c1cn(Cc2noc(C3CC3)n2)c2ccccc12. The summed E-state index contributed by atoms with van der Waals surface area (Å²) in [6.07, 6.45) is 3.84. The summed E-state index contributed by atoms with van der Waals surface area (Å²) >= 11 is 0. The Bertz CT molecular complexity index is 830. The molecule has 0 atom stereocenters. The molecule has 3 aromatic rings. The third-order valence-electron chi connectivity index (χ3n) is 3.74. The summed E-state index contributed by atoms with van der Waals surface area (Å²) in [7, 11) is 0. The van der Waals surface area contributed by atoms with Crippen molar-refractivity contribution in [3.8, 4) is 0 Å². The summed E-state index contributed by atoms with van der Waals surface area (Å²) in [5.74, 6) is 0.758. The van der Waals surface area contributed by atoms with E-state index in [-0.39, 0.29) is 5.56 Å². The van der Waals surface area contributed by atoms with Gasteiger partial charge in [0, 0.05) is 23.0 Å². The number of para-hydroxylation sites is 1. The van der Waals surface area contributed by atoms with E-state index < -0.39 is 5.97 Å². The van der Waals surface area contributed by atoms with Crippen LogP contribution in [-0.2, 0) is 6.54 Å². The zero-order valence-corrected chi connectivity index (χ0v) is 11.2. The molecule has 2 aromatic heterocycles. The van der Waals surface area contributed by atoms with Crippen molar-refractivity contribution in [1.82, 2.24) is 14.7 Å². The van der Waals surface area contributed by atoms with Gasteiger partial charge in [-0.05, 0) is 18.9 Å². The van der Waals surface area contributed by atoms with E-state index in [0.717, 1.165) is 23.7 Å². The van der Waals surface area contributed by atoms with Crippen molar-refractivity contribution in [2.24, 2.45) is 0 Å². The van der Waals surface area contributed by atoms with E-state index in [0.29, 0.717) is 24.2 Å². The molecule has 2 heterocycles. The number of carbonyl (C=O) groups is 1. The van der Waals surface area contributed by atoms with E-state index in [1.165, 1.54) is 0 Å². The second kappa shape index (κ2) is 4.44. The van der Waals surface area contributed by atoms with Crippen LogP contribution >= 0.6 is 0 Å². The van der Waals surface area contributed by atoms with Crippen molar-refractivity contribution in [3.63, 3.8) is 0 Å². The smallest absolute Gasteiger partial charge is 0.337 e. The molecule has 0 amide bonds. The summed E-state index contributed by atoms with van der Waals surface area (Å²) < 4.78 is 7.08. The third-order valence-corrected chi connectivity index (χ3v) is 3.74. The van der Waals surface area contributed by atoms with Crippen LogP contribution in [0.1, 0.15) is 40.8 Å². The number of hydrogen-bond acceptors (Lipinski definition) is 4. The van der Waals surface area contributed by atoms with Crippen molar-refractivity contribution in [2.75, 3.05) is 0 Å². The Balaban J connectivity index is 1.73. The minimum absolute atomic E-state index is 0.288. The van der Waals surface area contributed by atoms with Gasteiger partial charge in [0.2, 0.25) is 5.89 Å². The Hall–Kier alpha value is -2.63. The van der Waals surface area contributed by atoms with Crippen LogP contribution in [0, 0.1) is 0 Å². The summed E-state index contributed by atoms with van der Waals surface area (Å²) in [5, 5.41) is 14.0. The molecule has 0 bridgehead atoms. The molecule has 0 saturated heterocycles. The Kier molecular flexibility index (Phi) is 2.57. The molecule has 1 N–H and O–H groups in total. The van der Waals surface area contributed by atoms with Gasteiger partial charge >= 0.3 is 5.97 Å². The van der Waals surface area contributed by atoms with Crippen molar-refractivity contribution in [3.05, 3.63) is 47.7 Å². The Morgan fingerprint density at radius 2 is 2.19 bits per heavy atom. The molecule has 6 nitrogen and oxygen atoms in total. The Morgan fingerprint density at radius 3 is 2.95 bits per heavy atom. The quantitative estimate of drug-likeness (QED) is 0.796. The number of hydrogen-bond donors (Lipinski definition) is 1. The molecule has 21 heavy (non-hydrogen) atoms. The highest BCUT2D eigenvalue weighted by Crippen LogP contribution is 2.38. The lowest BCUT2D eigenvalue weighted by Crippen LogP contribution is -2.00. The van der Waals surface area contributed by atoms with E-state index in [1.807, 2.05) is 22.8 Å². The second-order valence-electron chi connectivity index (χ2n) is 5.32. The maximum absolute atomic E-state index is 11.3. The first-order valence-corrected chi connectivity index (χ1v) is 6.86. The minimum Gasteiger partial charge on any atom is -0.478 e. The van der Waals surface area contributed by atoms with Gasteiger partial charge < -0.3 is 14.2 Å². The van der Waals surface area contributed by atoms with Crippen LogP contribution in [0.4, 0.5) is 0 Å². The van der Waals surface area contributed by atoms with Crippen LogP contribution in [0.2, 0.25) is 0 Å². The summed E-state index contributed by atoms with van der Waals surface area (Å²) in [6, 6.07) is 7.42. The van der Waals surface area contributed by atoms with Gasteiger partial charge in [0.15, 0.2) is 5.82 Å². The highest BCUT2D eigenvalue weighted by Gasteiger charge is 2.29. The predicted molar refractivity (Wildman–Crippen MR) is 74.3 cm³/mol. The largest absolute Gasteiger partial charge is 0.478 e. The van der Waals surface area contributed by atoms with Crippen LogP contribution in [0.5, 0.6) is 0 Å². The molecule has 0 spiro atoms. The first kappa shape index (κ1) is 12.1. The third kappa shape index (κ3) is 2.08. The van der Waals surface area contributed by atoms with Crippen molar-refractivity contribution in [1.29, 1.82) is 0 Å². The van der Waals surface area contributed by atoms with Gasteiger partial charge in [0.05, 0.1) is 12.1 Å². The summed E-state index contributed by atoms with van der Waals surface area (Å²) in [5.41, 5.74) is 1.14. The number of aromatic carboxylic acids is 1. The number of fused-ring (bicyclic) bond motifs is 1. The fraction of sp³-hybridized carbons (Fsp3) is 0.267. The van der Waals surface area contributed by atoms with E-state index in [9.17, 15) is 9.90 Å². The molecule has 1 aliphatic rings. The normalized spacial score (nSPS) is 14.7. The molecule has 1 aromatic carbocycles. The zero-order valence-electron chi connectivity index (χ0n) is 11.2. The highest BCUT2D eigenvalue weighted by atomic mass is 16.5. The zero-order chi connectivity index (χ0) is 14.4. The monoisotopic (exact) mass is 283 g/mol. The molecular weight excluding hydrogens is 270 g/mol. The molecule has 0 unspecified atom stereocenters. The Morgan fingerprint density at radius 1 is 1.38 bits per heavy atom. The number of carboxylic acids is 1. The fourth-order valence-corrected chi connectivity index (χ4v) is 2.53. The van der Waals surface area contributed by atoms with Crippen LogP contribution in [0.3, 0.4) is 0 Å². The molecular formula is C15H13N3O3. The van der Waals surface area contributed by atoms with Crippen molar-refractivity contribution >= 4 is 16.9 Å². The number of rotatable bonds is 4. The van der Waals surface area contributed by atoms with Gasteiger partial charge in [-0.3, -0.25) is 0 Å². The maximum atomic E-state index is 11.3. The average molecular weight is 283 g/mol. The summed E-state index contributed by atoms with van der Waals surface area (Å²) in [4.78, 5) is 15.7. The number of nitrogens with zero attached hydrogens (tertiary/aromatic N) is 3. The van der Waals surface area contributed by atoms with Crippen LogP contribution < -0.4 is 0 Å². The van der Waals surface area contributed by atoms with E-state index in [4.69, 9.17) is 4.52 Å². The molecule has 4 rings (SSSR count). The van der Waals surface area contributed by atoms with E-state index >= 15 is 0 Å². The number of aromatic nitrogens is 3. The van der Waals surface area contributed by atoms with Crippen molar-refractivity contribution < 1.29 is 14.4 Å². The lowest BCUT2D eigenvalue weighted by Gasteiger charge is -2.00. The topological polar surface area (TPSA) is 81.1 Å². The maximum Gasteiger partial charge on any atom is 0.337 e. The molecule has 0 radical (unpaired) electrons. The van der Waals surface area contributed by atoms with Gasteiger partial charge in [-0.15, -0.1) is 0 Å². The highest BCUT2D eigenvalue weighted by molar-refractivity contribution is 6.03. The average Bonchev–Trinajstić information content (AvgIpc) is 3.12. The summed E-state index contributed by atoms with van der Waals surface area (Å²) in [6.45, 7) is 0.407. The van der Waals surface area contributed by atoms with Gasteiger partial charge in [-0.2, -0.15) is 4.98 Å². The molecule has 6 heteroatoms. The van der Waals surface area contributed by atoms with Crippen LogP contribution in [0.25, 0.3) is 10.9 Å². The minimum atomic E-state index is -0.934. The first-order valence-electron chi connectivity index (χ1n) is 6.86. The lowest BCUT2D eigenvalue weighted by atomic mass is 10.2. The Labute approximate surface area is 120 Å². The van der Waals surface area contributed by atoms with Gasteiger partial charge in [0.25, 0.3) is 0 Å². The van der Waals surface area contributed by atoms with Gasteiger partial charge in [-0.25, -0.2) is 4.79 Å². The number of benzene rings is 1. The predicted octanol–water partition coefficient (Wildman–Crippen LogP) is 2.65. The molecule has 0 aliphatic heterocycles. The van der Waals surface area contributed by atoms with E-state index in [2.05, 4.69) is 10.1 Å². The molecule has 106 valence electrons. The molecule has 1 fully saturated rings. The lowest BCUT2D eigenvalue weighted by molar-refractivity contribution is 0.0699. The first-order chi connectivity index (χ1) is 10.2. The fourth-order valence-electron chi connectivity index (χ4n) is 2.53. The molecule has 1 saturated carbocycles. The van der Waals surface area contributed by atoms with E-state index in [1.54, 1.807) is 12.3 Å². The van der Waals surface area contributed by atoms with Gasteiger partial charge in [-0.1, -0.05) is 23.4 Å².